The van der Waals surface area contributed by atoms with Crippen LogP contribution < -0.4 is 10.9 Å². The van der Waals surface area contributed by atoms with Gasteiger partial charge >= 0.3 is 0 Å². The first-order valence-electron chi connectivity index (χ1n) is 9.50. The summed E-state index contributed by atoms with van der Waals surface area (Å²) in [6, 6.07) is 18.3. The summed E-state index contributed by atoms with van der Waals surface area (Å²) in [7, 11) is 0. The minimum absolute atomic E-state index is 0.155. The van der Waals surface area contributed by atoms with E-state index in [0.717, 1.165) is 44.2 Å². The zero-order valence-corrected chi connectivity index (χ0v) is 16.0. The van der Waals surface area contributed by atoms with Gasteiger partial charge in [0.25, 0.3) is 0 Å². The van der Waals surface area contributed by atoms with Crippen LogP contribution in [-0.4, -0.2) is 47.9 Å². The minimum Gasteiger partial charge on any atom is -0.339 e. The normalized spacial score (nSPS) is 23.5. The second kappa shape index (κ2) is 8.40. The zero-order chi connectivity index (χ0) is 18.6. The number of rotatable bonds is 4. The van der Waals surface area contributed by atoms with Gasteiger partial charge in [-0.2, -0.15) is 0 Å². The van der Waals surface area contributed by atoms with Crippen LogP contribution in [0.5, 0.6) is 0 Å². The van der Waals surface area contributed by atoms with Crippen LogP contribution in [0, 0.1) is 0 Å². The van der Waals surface area contributed by atoms with Crippen LogP contribution in [0.2, 0.25) is 5.02 Å². The van der Waals surface area contributed by atoms with E-state index in [1.807, 2.05) is 35.2 Å². The average Bonchev–Trinajstić information content (AvgIpc) is 3.21. The number of hydrazine groups is 1. The molecule has 142 valence electrons. The Morgan fingerprint density at radius 2 is 1.67 bits per heavy atom. The summed E-state index contributed by atoms with van der Waals surface area (Å²) in [5, 5.41) is 0.764. The minimum atomic E-state index is -0.155. The quantitative estimate of drug-likeness (QED) is 0.850. The van der Waals surface area contributed by atoms with Crippen molar-refractivity contribution in [2.45, 2.75) is 25.0 Å². The van der Waals surface area contributed by atoms with Crippen LogP contribution in [0.4, 0.5) is 0 Å². The fraction of sp³-hybridized carbons (Fsp3) is 0.381. The SMILES string of the molecule is O=C(C1CC(c2ccccc2)NN1)N1CCN(Cc2ccc(Cl)cc2)CC1. The molecule has 0 bridgehead atoms. The highest BCUT2D eigenvalue weighted by molar-refractivity contribution is 6.30. The van der Waals surface area contributed by atoms with E-state index in [9.17, 15) is 4.79 Å². The molecule has 2 aliphatic rings. The Bertz CT molecular complexity index is 760. The maximum atomic E-state index is 12.9. The summed E-state index contributed by atoms with van der Waals surface area (Å²) in [5.74, 6) is 0.201. The molecule has 0 radical (unpaired) electrons. The second-order valence-electron chi connectivity index (χ2n) is 7.27. The van der Waals surface area contributed by atoms with E-state index in [0.29, 0.717) is 0 Å². The number of amides is 1. The third kappa shape index (κ3) is 4.50. The topological polar surface area (TPSA) is 47.6 Å². The van der Waals surface area contributed by atoms with Gasteiger partial charge in [0.2, 0.25) is 5.91 Å². The van der Waals surface area contributed by atoms with Gasteiger partial charge in [-0.05, 0) is 29.7 Å². The molecule has 2 saturated heterocycles. The van der Waals surface area contributed by atoms with Gasteiger partial charge in [0, 0.05) is 43.8 Å². The predicted molar refractivity (Wildman–Crippen MR) is 107 cm³/mol. The summed E-state index contributed by atoms with van der Waals surface area (Å²) >= 11 is 5.95. The molecule has 2 aromatic carbocycles. The molecule has 27 heavy (non-hydrogen) atoms. The number of halogens is 1. The van der Waals surface area contributed by atoms with E-state index < -0.39 is 0 Å². The molecule has 0 spiro atoms. The maximum Gasteiger partial charge on any atom is 0.241 e. The number of nitrogens with one attached hydrogen (secondary N) is 2. The summed E-state index contributed by atoms with van der Waals surface area (Å²) in [6.07, 6.45) is 0.786. The number of benzene rings is 2. The molecular weight excluding hydrogens is 360 g/mol. The molecule has 5 nitrogen and oxygen atoms in total. The third-order valence-corrected chi connectivity index (χ3v) is 5.66. The van der Waals surface area contributed by atoms with Gasteiger partial charge in [0.15, 0.2) is 0 Å². The highest BCUT2D eigenvalue weighted by Crippen LogP contribution is 2.23. The Labute approximate surface area is 165 Å². The van der Waals surface area contributed by atoms with E-state index in [1.165, 1.54) is 11.1 Å². The lowest BCUT2D eigenvalue weighted by Crippen LogP contribution is -2.53. The Morgan fingerprint density at radius 1 is 0.963 bits per heavy atom. The molecular formula is C21H25ClN4O. The van der Waals surface area contributed by atoms with Crippen molar-refractivity contribution in [3.63, 3.8) is 0 Å². The molecule has 4 rings (SSSR count). The van der Waals surface area contributed by atoms with Crippen molar-refractivity contribution in [1.82, 2.24) is 20.7 Å². The van der Waals surface area contributed by atoms with Crippen molar-refractivity contribution in [3.05, 3.63) is 70.7 Å². The van der Waals surface area contributed by atoms with Crippen LogP contribution in [0.15, 0.2) is 54.6 Å². The molecule has 2 atom stereocenters. The molecule has 2 fully saturated rings. The van der Waals surface area contributed by atoms with Gasteiger partial charge in [-0.15, -0.1) is 0 Å². The van der Waals surface area contributed by atoms with Crippen LogP contribution in [0.3, 0.4) is 0 Å². The summed E-state index contributed by atoms with van der Waals surface area (Å²) in [5.41, 5.74) is 8.93. The molecule has 0 aromatic heterocycles. The lowest BCUT2D eigenvalue weighted by atomic mass is 10.0. The standard InChI is InChI=1S/C21H25ClN4O/c22-18-8-6-16(7-9-18)15-25-10-12-26(13-11-25)21(27)20-14-19(23-24-20)17-4-2-1-3-5-17/h1-9,19-20,23-24H,10-15H2. The first-order valence-corrected chi connectivity index (χ1v) is 9.88. The third-order valence-electron chi connectivity index (χ3n) is 5.41. The molecule has 0 saturated carbocycles. The zero-order valence-electron chi connectivity index (χ0n) is 15.3. The van der Waals surface area contributed by atoms with Gasteiger partial charge in [0.05, 0.1) is 0 Å². The molecule has 2 N–H and O–H groups in total. The fourth-order valence-electron chi connectivity index (χ4n) is 3.82. The van der Waals surface area contributed by atoms with Gasteiger partial charge in [-0.3, -0.25) is 9.69 Å². The maximum absolute atomic E-state index is 12.9. The van der Waals surface area contributed by atoms with Gasteiger partial charge < -0.3 is 4.90 Å². The molecule has 6 heteroatoms. The van der Waals surface area contributed by atoms with Gasteiger partial charge in [-0.1, -0.05) is 54.1 Å². The van der Waals surface area contributed by atoms with Crippen molar-refractivity contribution < 1.29 is 4.79 Å². The van der Waals surface area contributed by atoms with Gasteiger partial charge in [0.1, 0.15) is 6.04 Å². The molecule has 2 heterocycles. The monoisotopic (exact) mass is 384 g/mol. The van der Waals surface area contributed by atoms with E-state index in [-0.39, 0.29) is 18.0 Å². The predicted octanol–water partition coefficient (Wildman–Crippen LogP) is 2.59. The number of nitrogens with zero attached hydrogens (tertiary/aromatic N) is 2. The smallest absolute Gasteiger partial charge is 0.241 e. The Morgan fingerprint density at radius 3 is 2.37 bits per heavy atom. The number of hydrogen-bond donors (Lipinski definition) is 2. The Hall–Kier alpha value is -1.92. The van der Waals surface area contributed by atoms with E-state index in [4.69, 9.17) is 11.6 Å². The van der Waals surface area contributed by atoms with Crippen molar-refractivity contribution >= 4 is 17.5 Å². The first kappa shape index (κ1) is 18.4. The van der Waals surface area contributed by atoms with E-state index >= 15 is 0 Å². The summed E-state index contributed by atoms with van der Waals surface area (Å²) in [4.78, 5) is 17.3. The summed E-state index contributed by atoms with van der Waals surface area (Å²) < 4.78 is 0. The van der Waals surface area contributed by atoms with Crippen LogP contribution in [0.1, 0.15) is 23.6 Å². The van der Waals surface area contributed by atoms with Crippen LogP contribution in [0.25, 0.3) is 0 Å². The van der Waals surface area contributed by atoms with Crippen LogP contribution >= 0.6 is 11.6 Å². The number of hydrogen-bond acceptors (Lipinski definition) is 4. The van der Waals surface area contributed by atoms with Crippen molar-refractivity contribution in [2.24, 2.45) is 0 Å². The molecule has 1 amide bonds. The Kier molecular flexibility index (Phi) is 5.74. The second-order valence-corrected chi connectivity index (χ2v) is 7.70. The van der Waals surface area contributed by atoms with Gasteiger partial charge in [-0.25, -0.2) is 10.9 Å². The first-order chi connectivity index (χ1) is 13.2. The van der Waals surface area contributed by atoms with Crippen molar-refractivity contribution in [3.8, 4) is 0 Å². The molecule has 0 aliphatic carbocycles. The molecule has 2 aromatic rings. The number of carbonyl (C=O) groups excluding carboxylic acids is 1. The Balaban J connectivity index is 1.27. The van der Waals surface area contributed by atoms with E-state index in [2.05, 4.69) is 40.0 Å². The van der Waals surface area contributed by atoms with E-state index in [1.54, 1.807) is 0 Å². The lowest BCUT2D eigenvalue weighted by molar-refractivity contribution is -0.135. The fourth-order valence-corrected chi connectivity index (χ4v) is 3.94. The largest absolute Gasteiger partial charge is 0.339 e. The average molecular weight is 385 g/mol. The highest BCUT2D eigenvalue weighted by Gasteiger charge is 2.33. The number of carbonyl (C=O) groups is 1. The van der Waals surface area contributed by atoms with Crippen molar-refractivity contribution in [1.29, 1.82) is 0 Å². The number of piperazine rings is 1. The molecule has 2 unspecified atom stereocenters. The van der Waals surface area contributed by atoms with Crippen LogP contribution in [-0.2, 0) is 11.3 Å². The molecule has 2 aliphatic heterocycles. The highest BCUT2D eigenvalue weighted by atomic mass is 35.5. The van der Waals surface area contributed by atoms with Crippen molar-refractivity contribution in [2.75, 3.05) is 26.2 Å². The lowest BCUT2D eigenvalue weighted by Gasteiger charge is -2.35. The summed E-state index contributed by atoms with van der Waals surface area (Å²) in [6.45, 7) is 4.26.